The zero-order valence-corrected chi connectivity index (χ0v) is 14.1. The van der Waals surface area contributed by atoms with Gasteiger partial charge in [-0.05, 0) is 12.5 Å². The average Bonchev–Trinajstić information content (AvgIpc) is 3.09. The van der Waals surface area contributed by atoms with Crippen LogP contribution in [-0.4, -0.2) is 43.1 Å². The van der Waals surface area contributed by atoms with Crippen molar-refractivity contribution in [1.29, 1.82) is 0 Å². The van der Waals surface area contributed by atoms with E-state index in [2.05, 4.69) is 30.7 Å². The van der Waals surface area contributed by atoms with Gasteiger partial charge in [0.15, 0.2) is 28.1 Å². The van der Waals surface area contributed by atoms with E-state index in [1.165, 1.54) is 12.1 Å². The summed E-state index contributed by atoms with van der Waals surface area (Å²) in [5.74, 6) is -1.16. The number of nitrogens with zero attached hydrogens (tertiary/aromatic N) is 4. The Hall–Kier alpha value is -2.33. The lowest BCUT2D eigenvalue weighted by molar-refractivity contribution is 0.271. The second-order valence-corrected chi connectivity index (χ2v) is 6.23. The summed E-state index contributed by atoms with van der Waals surface area (Å²) in [5, 5.41) is 23.2. The number of anilines is 1. The van der Waals surface area contributed by atoms with Gasteiger partial charge in [-0.3, -0.25) is 0 Å². The van der Waals surface area contributed by atoms with Crippen LogP contribution in [0.3, 0.4) is 0 Å². The van der Waals surface area contributed by atoms with Gasteiger partial charge in [0.25, 0.3) is 0 Å². The van der Waals surface area contributed by atoms with E-state index in [1.54, 1.807) is 0 Å². The first-order chi connectivity index (χ1) is 12.1. The fourth-order valence-electron chi connectivity index (χ4n) is 2.16. The monoisotopic (exact) mass is 366 g/mol. The zero-order chi connectivity index (χ0) is 17.8. The van der Waals surface area contributed by atoms with Crippen molar-refractivity contribution in [2.45, 2.75) is 30.3 Å². The van der Waals surface area contributed by atoms with Crippen LogP contribution < -0.4 is 5.32 Å². The standard InChI is InChI=1S/C15H16F2N6OS/c1-2-9(6-24)18-13-12-14(22-23-21-12)20-15(19-13)25-7-8-4-3-5-10(16)11(8)17/h3-5,9,24H,2,6-7H2,1H3,(H2,18,19,20,21,22,23)/t9-/m1/s1. The number of benzene rings is 1. The molecule has 0 saturated heterocycles. The lowest BCUT2D eigenvalue weighted by atomic mass is 10.2. The molecule has 1 atom stereocenters. The number of aliphatic hydroxyl groups is 1. The number of rotatable bonds is 7. The summed E-state index contributed by atoms with van der Waals surface area (Å²) in [7, 11) is 0. The molecule has 1 aromatic carbocycles. The Morgan fingerprint density at radius 1 is 1.28 bits per heavy atom. The van der Waals surface area contributed by atoms with Crippen LogP contribution in [0.25, 0.3) is 11.2 Å². The number of H-pyrrole nitrogens is 1. The number of hydrogen-bond acceptors (Lipinski definition) is 7. The molecule has 10 heteroatoms. The lowest BCUT2D eigenvalue weighted by Gasteiger charge is -2.15. The first kappa shape index (κ1) is 17.5. The van der Waals surface area contributed by atoms with Gasteiger partial charge in [0.1, 0.15) is 0 Å². The molecule has 0 spiro atoms. The summed E-state index contributed by atoms with van der Waals surface area (Å²) < 4.78 is 27.0. The molecular weight excluding hydrogens is 350 g/mol. The van der Waals surface area contributed by atoms with Gasteiger partial charge in [-0.15, -0.1) is 5.10 Å². The molecule has 0 aliphatic carbocycles. The molecule has 0 bridgehead atoms. The second kappa shape index (κ2) is 7.70. The predicted molar refractivity (Wildman–Crippen MR) is 90.2 cm³/mol. The summed E-state index contributed by atoms with van der Waals surface area (Å²) in [5.41, 5.74) is 1.03. The number of hydrogen-bond donors (Lipinski definition) is 3. The molecule has 2 heterocycles. The Kier molecular flexibility index (Phi) is 5.39. The Balaban J connectivity index is 1.85. The van der Waals surface area contributed by atoms with Gasteiger partial charge in [0, 0.05) is 11.3 Å². The predicted octanol–water partition coefficient (Wildman–Crippen LogP) is 2.50. The third-order valence-corrected chi connectivity index (χ3v) is 4.50. The summed E-state index contributed by atoms with van der Waals surface area (Å²) in [6.07, 6.45) is 0.691. The molecule has 132 valence electrons. The molecule has 0 amide bonds. The lowest BCUT2D eigenvalue weighted by Crippen LogP contribution is -2.23. The molecule has 3 N–H and O–H groups in total. The van der Waals surface area contributed by atoms with E-state index in [-0.39, 0.29) is 24.0 Å². The third-order valence-electron chi connectivity index (χ3n) is 3.61. The molecule has 3 aromatic rings. The van der Waals surface area contributed by atoms with Gasteiger partial charge < -0.3 is 10.4 Å². The Bertz CT molecular complexity index is 870. The molecule has 0 aliphatic rings. The summed E-state index contributed by atoms with van der Waals surface area (Å²) >= 11 is 1.16. The van der Waals surface area contributed by atoms with Crippen molar-refractivity contribution >= 4 is 28.7 Å². The number of nitrogens with one attached hydrogen (secondary N) is 2. The van der Waals surface area contributed by atoms with E-state index in [9.17, 15) is 13.9 Å². The molecule has 25 heavy (non-hydrogen) atoms. The van der Waals surface area contributed by atoms with Gasteiger partial charge in [-0.1, -0.05) is 30.8 Å². The van der Waals surface area contributed by atoms with Gasteiger partial charge in [0.2, 0.25) is 5.65 Å². The maximum absolute atomic E-state index is 13.8. The van der Waals surface area contributed by atoms with Crippen molar-refractivity contribution < 1.29 is 13.9 Å². The van der Waals surface area contributed by atoms with Crippen molar-refractivity contribution in [2.75, 3.05) is 11.9 Å². The molecule has 0 saturated carbocycles. The van der Waals surface area contributed by atoms with Crippen molar-refractivity contribution in [3.05, 3.63) is 35.4 Å². The van der Waals surface area contributed by atoms with Crippen LogP contribution in [0.4, 0.5) is 14.6 Å². The Morgan fingerprint density at radius 3 is 2.88 bits per heavy atom. The minimum atomic E-state index is -0.887. The normalized spacial score (nSPS) is 12.5. The highest BCUT2D eigenvalue weighted by molar-refractivity contribution is 7.98. The zero-order valence-electron chi connectivity index (χ0n) is 13.3. The number of aromatic amines is 1. The van der Waals surface area contributed by atoms with Gasteiger partial charge in [-0.2, -0.15) is 15.3 Å². The molecule has 0 aliphatic heterocycles. The van der Waals surface area contributed by atoms with E-state index in [0.29, 0.717) is 28.6 Å². The van der Waals surface area contributed by atoms with E-state index in [4.69, 9.17) is 0 Å². The average molecular weight is 366 g/mol. The minimum absolute atomic E-state index is 0.0587. The molecule has 0 unspecified atom stereocenters. The van der Waals surface area contributed by atoms with Gasteiger partial charge in [-0.25, -0.2) is 13.8 Å². The number of aromatic nitrogens is 5. The largest absolute Gasteiger partial charge is 0.394 e. The Morgan fingerprint density at radius 2 is 2.12 bits per heavy atom. The molecule has 0 fully saturated rings. The minimum Gasteiger partial charge on any atom is -0.394 e. The number of aliphatic hydroxyl groups excluding tert-OH is 1. The SMILES string of the molecule is CC[C@H](CO)Nc1nc(SCc2cccc(F)c2F)nc2n[nH]nc12. The second-order valence-electron chi connectivity index (χ2n) is 5.28. The summed E-state index contributed by atoms with van der Waals surface area (Å²) in [6.45, 7) is 1.87. The van der Waals surface area contributed by atoms with E-state index in [1.807, 2.05) is 6.92 Å². The molecule has 2 aromatic heterocycles. The van der Waals surface area contributed by atoms with Crippen LogP contribution in [-0.2, 0) is 5.75 Å². The molecule has 7 nitrogen and oxygen atoms in total. The van der Waals surface area contributed by atoms with Gasteiger partial charge >= 0.3 is 0 Å². The Labute approximate surface area is 146 Å². The van der Waals surface area contributed by atoms with Crippen molar-refractivity contribution in [3.63, 3.8) is 0 Å². The summed E-state index contributed by atoms with van der Waals surface area (Å²) in [4.78, 5) is 8.62. The van der Waals surface area contributed by atoms with Crippen LogP contribution in [0.5, 0.6) is 0 Å². The van der Waals surface area contributed by atoms with Crippen LogP contribution in [0.2, 0.25) is 0 Å². The van der Waals surface area contributed by atoms with Crippen LogP contribution in [0.15, 0.2) is 23.4 Å². The van der Waals surface area contributed by atoms with Crippen LogP contribution in [0.1, 0.15) is 18.9 Å². The fraction of sp³-hybridized carbons (Fsp3) is 0.333. The van der Waals surface area contributed by atoms with Crippen molar-refractivity contribution in [1.82, 2.24) is 25.4 Å². The van der Waals surface area contributed by atoms with Crippen LogP contribution in [0, 0.1) is 11.6 Å². The number of thioether (sulfide) groups is 1. The van der Waals surface area contributed by atoms with Crippen molar-refractivity contribution in [3.8, 4) is 0 Å². The van der Waals surface area contributed by atoms with E-state index < -0.39 is 11.6 Å². The van der Waals surface area contributed by atoms with Gasteiger partial charge in [0.05, 0.1) is 12.6 Å². The maximum atomic E-state index is 13.8. The first-order valence-corrected chi connectivity index (χ1v) is 8.62. The highest BCUT2D eigenvalue weighted by Gasteiger charge is 2.16. The number of halogens is 2. The van der Waals surface area contributed by atoms with E-state index in [0.717, 1.165) is 17.8 Å². The first-order valence-electron chi connectivity index (χ1n) is 7.64. The van der Waals surface area contributed by atoms with Crippen LogP contribution >= 0.6 is 11.8 Å². The molecule has 0 radical (unpaired) electrons. The summed E-state index contributed by atoms with van der Waals surface area (Å²) in [6, 6.07) is 3.85. The van der Waals surface area contributed by atoms with E-state index >= 15 is 0 Å². The quantitative estimate of drug-likeness (QED) is 0.436. The topological polar surface area (TPSA) is 99.6 Å². The molecule has 3 rings (SSSR count). The van der Waals surface area contributed by atoms with Crippen molar-refractivity contribution in [2.24, 2.45) is 0 Å². The maximum Gasteiger partial charge on any atom is 0.207 e. The fourth-order valence-corrected chi connectivity index (χ4v) is 2.98. The smallest absolute Gasteiger partial charge is 0.207 e. The number of fused-ring (bicyclic) bond motifs is 1. The highest BCUT2D eigenvalue weighted by atomic mass is 32.2. The molecular formula is C15H16F2N6OS. The highest BCUT2D eigenvalue weighted by Crippen LogP contribution is 2.26. The third kappa shape index (κ3) is 3.85.